The number of benzene rings is 1. The summed E-state index contributed by atoms with van der Waals surface area (Å²) in [4.78, 5) is 10.3. The Bertz CT molecular complexity index is 330. The zero-order valence-corrected chi connectivity index (χ0v) is 10.0. The summed E-state index contributed by atoms with van der Waals surface area (Å²) in [5.74, 6) is -0.711. The smallest absolute Gasteiger partial charge is 0.303 e. The van der Waals surface area contributed by atoms with Gasteiger partial charge in [0.15, 0.2) is 0 Å². The van der Waals surface area contributed by atoms with E-state index in [0.717, 1.165) is 24.8 Å². The molecule has 1 aromatic rings. The van der Waals surface area contributed by atoms with E-state index in [-0.39, 0.29) is 18.8 Å². The first-order chi connectivity index (χ1) is 7.22. The quantitative estimate of drug-likeness (QED) is 0.773. The lowest BCUT2D eigenvalue weighted by Crippen LogP contribution is -1.94. The first kappa shape index (κ1) is 14.7. The van der Waals surface area contributed by atoms with E-state index in [1.165, 1.54) is 5.56 Å². The Hall–Kier alpha value is -1.28. The summed E-state index contributed by atoms with van der Waals surface area (Å²) in [6, 6.07) is 8.19. The Morgan fingerprint density at radius 1 is 1.25 bits per heavy atom. The number of halogens is 1. The van der Waals surface area contributed by atoms with Crippen molar-refractivity contribution in [1.82, 2.24) is 0 Å². The number of aliphatic carboxylic acids is 1. The fourth-order valence-corrected chi connectivity index (χ4v) is 1.43. The van der Waals surface area contributed by atoms with Crippen LogP contribution in [0.5, 0.6) is 0 Å². The number of carbonyl (C=O) groups is 1. The molecule has 2 nitrogen and oxygen atoms in total. The highest BCUT2D eigenvalue weighted by Gasteiger charge is 1.97. The van der Waals surface area contributed by atoms with Crippen molar-refractivity contribution in [2.24, 2.45) is 0 Å². The second kappa shape index (κ2) is 7.94. The van der Waals surface area contributed by atoms with E-state index in [1.54, 1.807) is 0 Å². The minimum absolute atomic E-state index is 0. The summed E-state index contributed by atoms with van der Waals surface area (Å²) >= 11 is 0. The molecule has 3 heteroatoms. The molecule has 1 N–H and O–H groups in total. The van der Waals surface area contributed by atoms with Crippen molar-refractivity contribution in [2.45, 2.75) is 25.7 Å². The van der Waals surface area contributed by atoms with E-state index in [9.17, 15) is 4.79 Å². The van der Waals surface area contributed by atoms with Crippen LogP contribution in [-0.2, 0) is 11.2 Å². The lowest BCUT2D eigenvalue weighted by molar-refractivity contribution is -0.137. The van der Waals surface area contributed by atoms with Crippen molar-refractivity contribution in [3.8, 4) is 0 Å². The van der Waals surface area contributed by atoms with Crippen LogP contribution in [0.1, 0.15) is 30.4 Å². The molecule has 0 unspecified atom stereocenters. The molecule has 88 valence electrons. The lowest BCUT2D eigenvalue weighted by atomic mass is 10.1. The van der Waals surface area contributed by atoms with Crippen molar-refractivity contribution in [2.75, 3.05) is 0 Å². The molecular weight excluding hydrogens is 224 g/mol. The number of carboxylic acids is 1. The molecule has 0 atom stereocenters. The first-order valence-electron chi connectivity index (χ1n) is 5.15. The zero-order valence-electron chi connectivity index (χ0n) is 9.19. The number of unbranched alkanes of at least 4 members (excludes halogenated alkanes) is 1. The standard InChI is InChI=1S/C13H16O2.ClH/c1-2-11-7-9-12(10-8-11)5-3-4-6-13(14)15;/h2,7-10H,1,3-6H2,(H,14,15);1H. The van der Waals surface area contributed by atoms with Gasteiger partial charge in [0.05, 0.1) is 0 Å². The maximum atomic E-state index is 10.3. The normalized spacial score (nSPS) is 9.25. The summed E-state index contributed by atoms with van der Waals surface area (Å²) in [7, 11) is 0. The van der Waals surface area contributed by atoms with Crippen molar-refractivity contribution in [3.05, 3.63) is 42.0 Å². The van der Waals surface area contributed by atoms with E-state index in [4.69, 9.17) is 5.11 Å². The van der Waals surface area contributed by atoms with Crippen LogP contribution < -0.4 is 0 Å². The van der Waals surface area contributed by atoms with Gasteiger partial charge in [0.1, 0.15) is 0 Å². The van der Waals surface area contributed by atoms with Gasteiger partial charge in [-0.3, -0.25) is 4.79 Å². The molecule has 1 aromatic carbocycles. The molecule has 0 saturated heterocycles. The molecule has 0 spiro atoms. The van der Waals surface area contributed by atoms with Gasteiger partial charge in [-0.1, -0.05) is 36.9 Å². The predicted octanol–water partition coefficient (Wildman–Crippen LogP) is 3.55. The van der Waals surface area contributed by atoms with Gasteiger partial charge in [0.2, 0.25) is 0 Å². The molecule has 0 fully saturated rings. The zero-order chi connectivity index (χ0) is 11.1. The molecule has 1 rings (SSSR count). The van der Waals surface area contributed by atoms with E-state index in [2.05, 4.69) is 18.7 Å². The molecule has 0 radical (unpaired) electrons. The van der Waals surface area contributed by atoms with Crippen LogP contribution in [0.2, 0.25) is 0 Å². The highest BCUT2D eigenvalue weighted by Crippen LogP contribution is 2.09. The highest BCUT2D eigenvalue weighted by atomic mass is 35.5. The second-order valence-corrected chi connectivity index (χ2v) is 3.55. The predicted molar refractivity (Wildman–Crippen MR) is 69.0 cm³/mol. The lowest BCUT2D eigenvalue weighted by Gasteiger charge is -2.01. The minimum Gasteiger partial charge on any atom is -0.481 e. The van der Waals surface area contributed by atoms with Gasteiger partial charge >= 0.3 is 5.97 Å². The third kappa shape index (κ3) is 5.56. The van der Waals surface area contributed by atoms with E-state index in [1.807, 2.05) is 18.2 Å². The number of aryl methyl sites for hydroxylation is 1. The third-order valence-corrected chi connectivity index (χ3v) is 2.32. The Kier molecular flexibility index (Phi) is 7.31. The van der Waals surface area contributed by atoms with Crippen LogP contribution in [0, 0.1) is 0 Å². The summed E-state index contributed by atoms with van der Waals surface area (Å²) in [5.41, 5.74) is 2.37. The second-order valence-electron chi connectivity index (χ2n) is 3.55. The average Bonchev–Trinajstić information content (AvgIpc) is 2.25. The van der Waals surface area contributed by atoms with Gasteiger partial charge in [-0.15, -0.1) is 12.4 Å². The van der Waals surface area contributed by atoms with Crippen LogP contribution in [-0.4, -0.2) is 11.1 Å². The van der Waals surface area contributed by atoms with Crippen molar-refractivity contribution < 1.29 is 9.90 Å². The summed E-state index contributed by atoms with van der Waals surface area (Å²) in [6.07, 6.45) is 4.71. The van der Waals surface area contributed by atoms with E-state index >= 15 is 0 Å². The maximum absolute atomic E-state index is 10.3. The van der Waals surface area contributed by atoms with Crippen LogP contribution in [0.25, 0.3) is 6.08 Å². The molecule has 0 saturated carbocycles. The van der Waals surface area contributed by atoms with Crippen LogP contribution >= 0.6 is 12.4 Å². The minimum atomic E-state index is -0.711. The Balaban J connectivity index is 0.00000225. The first-order valence-corrected chi connectivity index (χ1v) is 5.15. The van der Waals surface area contributed by atoms with Gasteiger partial charge in [0.25, 0.3) is 0 Å². The molecule has 0 aliphatic rings. The molecule has 0 aliphatic carbocycles. The number of hydrogen-bond acceptors (Lipinski definition) is 1. The van der Waals surface area contributed by atoms with E-state index < -0.39 is 5.97 Å². The highest BCUT2D eigenvalue weighted by molar-refractivity contribution is 5.85. The third-order valence-electron chi connectivity index (χ3n) is 2.32. The molecule has 16 heavy (non-hydrogen) atoms. The maximum Gasteiger partial charge on any atom is 0.303 e. The fraction of sp³-hybridized carbons (Fsp3) is 0.308. The van der Waals surface area contributed by atoms with Crippen molar-refractivity contribution >= 4 is 24.5 Å². The van der Waals surface area contributed by atoms with Crippen LogP contribution in [0.4, 0.5) is 0 Å². The largest absolute Gasteiger partial charge is 0.481 e. The van der Waals surface area contributed by atoms with E-state index in [0.29, 0.717) is 0 Å². The SMILES string of the molecule is C=Cc1ccc(CCCCC(=O)O)cc1.Cl. The van der Waals surface area contributed by atoms with Gasteiger partial charge in [-0.2, -0.15) is 0 Å². The van der Waals surface area contributed by atoms with Gasteiger partial charge in [-0.25, -0.2) is 0 Å². The Morgan fingerprint density at radius 2 is 1.88 bits per heavy atom. The summed E-state index contributed by atoms with van der Waals surface area (Å²) < 4.78 is 0. The monoisotopic (exact) mass is 240 g/mol. The fourth-order valence-electron chi connectivity index (χ4n) is 1.43. The molecule has 0 heterocycles. The molecular formula is C13H17ClO2. The van der Waals surface area contributed by atoms with Gasteiger partial charge in [0, 0.05) is 6.42 Å². The molecule has 0 amide bonds. The number of rotatable bonds is 6. The van der Waals surface area contributed by atoms with Crippen LogP contribution in [0.15, 0.2) is 30.8 Å². The van der Waals surface area contributed by atoms with Gasteiger partial charge < -0.3 is 5.11 Å². The topological polar surface area (TPSA) is 37.3 Å². The number of carboxylic acid groups (broad SMARTS) is 1. The van der Waals surface area contributed by atoms with Crippen molar-refractivity contribution in [3.63, 3.8) is 0 Å². The molecule has 0 bridgehead atoms. The summed E-state index contributed by atoms with van der Waals surface area (Å²) in [6.45, 7) is 3.69. The Labute approximate surface area is 102 Å². The van der Waals surface area contributed by atoms with Crippen LogP contribution in [0.3, 0.4) is 0 Å². The van der Waals surface area contributed by atoms with Gasteiger partial charge in [-0.05, 0) is 30.4 Å². The average molecular weight is 241 g/mol. The molecule has 0 aromatic heterocycles. The summed E-state index contributed by atoms with van der Waals surface area (Å²) in [5, 5.41) is 8.47. The number of hydrogen-bond donors (Lipinski definition) is 1. The van der Waals surface area contributed by atoms with Crippen molar-refractivity contribution in [1.29, 1.82) is 0 Å². The Morgan fingerprint density at radius 3 is 2.38 bits per heavy atom. The molecule has 0 aliphatic heterocycles.